The van der Waals surface area contributed by atoms with Crippen molar-refractivity contribution in [1.29, 1.82) is 0 Å². The summed E-state index contributed by atoms with van der Waals surface area (Å²) in [5.74, 6) is 0.789. The predicted molar refractivity (Wildman–Crippen MR) is 83.3 cm³/mol. The van der Waals surface area contributed by atoms with Gasteiger partial charge in [0.15, 0.2) is 0 Å². The van der Waals surface area contributed by atoms with Crippen molar-refractivity contribution < 1.29 is 4.74 Å². The summed E-state index contributed by atoms with van der Waals surface area (Å²) < 4.78 is 5.68. The minimum absolute atomic E-state index is 0.0928. The number of ether oxygens (including phenoxy) is 1. The van der Waals surface area contributed by atoms with Crippen molar-refractivity contribution >= 4 is 11.6 Å². The molecule has 0 aliphatic carbocycles. The Bertz CT molecular complexity index is 427. The molecule has 2 N–H and O–H groups in total. The van der Waals surface area contributed by atoms with Crippen LogP contribution in [0, 0.1) is 0 Å². The van der Waals surface area contributed by atoms with E-state index in [4.69, 9.17) is 22.1 Å². The Kier molecular flexibility index (Phi) is 5.69. The van der Waals surface area contributed by atoms with Crippen LogP contribution in [0.25, 0.3) is 0 Å². The molecule has 108 valence electrons. The SMILES string of the molecule is CCOc1c(Cl)cc(C(C)(C)CC)cc1CC(C)N. The van der Waals surface area contributed by atoms with Crippen LogP contribution in [0.5, 0.6) is 5.75 Å². The summed E-state index contributed by atoms with van der Waals surface area (Å²) in [5.41, 5.74) is 8.41. The maximum Gasteiger partial charge on any atom is 0.141 e. The highest BCUT2D eigenvalue weighted by atomic mass is 35.5. The Balaban J connectivity index is 3.29. The lowest BCUT2D eigenvalue weighted by Gasteiger charge is -2.26. The third-order valence-electron chi connectivity index (χ3n) is 3.62. The van der Waals surface area contributed by atoms with Crippen LogP contribution in [-0.4, -0.2) is 12.6 Å². The van der Waals surface area contributed by atoms with Gasteiger partial charge in [-0.2, -0.15) is 0 Å². The van der Waals surface area contributed by atoms with Crippen LogP contribution >= 0.6 is 11.6 Å². The Labute approximate surface area is 122 Å². The molecular formula is C16H26ClNO. The van der Waals surface area contributed by atoms with E-state index in [1.807, 2.05) is 19.9 Å². The molecule has 1 aromatic carbocycles. The van der Waals surface area contributed by atoms with E-state index in [0.29, 0.717) is 11.6 Å². The second-order valence-corrected chi connectivity index (χ2v) is 6.21. The van der Waals surface area contributed by atoms with Gasteiger partial charge in [0.05, 0.1) is 11.6 Å². The molecule has 1 aromatic rings. The van der Waals surface area contributed by atoms with Gasteiger partial charge >= 0.3 is 0 Å². The molecular weight excluding hydrogens is 258 g/mol. The van der Waals surface area contributed by atoms with Crippen LogP contribution in [-0.2, 0) is 11.8 Å². The lowest BCUT2D eigenvalue weighted by Crippen LogP contribution is -2.20. The van der Waals surface area contributed by atoms with E-state index in [2.05, 4.69) is 26.8 Å². The van der Waals surface area contributed by atoms with E-state index in [0.717, 1.165) is 24.2 Å². The van der Waals surface area contributed by atoms with Crippen LogP contribution in [0.15, 0.2) is 12.1 Å². The quantitative estimate of drug-likeness (QED) is 0.844. The summed E-state index contributed by atoms with van der Waals surface area (Å²) in [4.78, 5) is 0. The van der Waals surface area contributed by atoms with Gasteiger partial charge in [-0.05, 0) is 49.3 Å². The predicted octanol–water partition coefficient (Wildman–Crippen LogP) is 4.32. The summed E-state index contributed by atoms with van der Waals surface area (Å²) in [7, 11) is 0. The molecule has 0 spiro atoms. The van der Waals surface area contributed by atoms with Gasteiger partial charge in [-0.3, -0.25) is 0 Å². The molecule has 0 aliphatic rings. The molecule has 3 heteroatoms. The zero-order valence-electron chi connectivity index (χ0n) is 12.7. The van der Waals surface area contributed by atoms with Crippen LogP contribution in [0.2, 0.25) is 5.02 Å². The average molecular weight is 284 g/mol. The number of halogens is 1. The molecule has 0 aliphatic heterocycles. The highest BCUT2D eigenvalue weighted by Gasteiger charge is 2.22. The zero-order chi connectivity index (χ0) is 14.6. The highest BCUT2D eigenvalue weighted by molar-refractivity contribution is 6.32. The van der Waals surface area contributed by atoms with Gasteiger partial charge in [-0.25, -0.2) is 0 Å². The van der Waals surface area contributed by atoms with Gasteiger partial charge in [-0.1, -0.05) is 38.4 Å². The van der Waals surface area contributed by atoms with Crippen molar-refractivity contribution in [3.63, 3.8) is 0 Å². The summed E-state index contributed by atoms with van der Waals surface area (Å²) in [6.07, 6.45) is 1.84. The summed E-state index contributed by atoms with van der Waals surface area (Å²) in [6, 6.07) is 4.32. The molecule has 0 saturated carbocycles. The Morgan fingerprint density at radius 3 is 2.42 bits per heavy atom. The van der Waals surface area contributed by atoms with Crippen LogP contribution in [0.4, 0.5) is 0 Å². The lowest BCUT2D eigenvalue weighted by molar-refractivity contribution is 0.335. The normalized spacial score (nSPS) is 13.4. The summed E-state index contributed by atoms with van der Waals surface area (Å²) in [5, 5.41) is 0.691. The van der Waals surface area contributed by atoms with Crippen molar-refractivity contribution in [2.75, 3.05) is 6.61 Å². The maximum absolute atomic E-state index is 6.39. The second kappa shape index (κ2) is 6.62. The fourth-order valence-corrected chi connectivity index (χ4v) is 2.34. The number of nitrogens with two attached hydrogens (primary N) is 1. The van der Waals surface area contributed by atoms with E-state index in [9.17, 15) is 0 Å². The first-order chi connectivity index (χ1) is 8.81. The first-order valence-electron chi connectivity index (χ1n) is 7.03. The smallest absolute Gasteiger partial charge is 0.141 e. The first-order valence-corrected chi connectivity index (χ1v) is 7.40. The third-order valence-corrected chi connectivity index (χ3v) is 3.90. The molecule has 0 heterocycles. The molecule has 1 rings (SSSR count). The van der Waals surface area contributed by atoms with Crippen molar-refractivity contribution in [2.45, 2.75) is 58.9 Å². The molecule has 0 amide bonds. The van der Waals surface area contributed by atoms with Crippen molar-refractivity contribution in [1.82, 2.24) is 0 Å². The number of hydrogen-bond acceptors (Lipinski definition) is 2. The van der Waals surface area contributed by atoms with Crippen molar-refractivity contribution in [2.24, 2.45) is 5.73 Å². The van der Waals surface area contributed by atoms with E-state index < -0.39 is 0 Å². The fourth-order valence-electron chi connectivity index (χ4n) is 2.05. The van der Waals surface area contributed by atoms with E-state index in [-0.39, 0.29) is 11.5 Å². The number of rotatable bonds is 6. The Morgan fingerprint density at radius 1 is 1.32 bits per heavy atom. The van der Waals surface area contributed by atoms with E-state index in [1.165, 1.54) is 5.56 Å². The first kappa shape index (κ1) is 16.3. The summed E-state index contributed by atoms with van der Waals surface area (Å²) in [6.45, 7) is 11.2. The van der Waals surface area contributed by atoms with Gasteiger partial charge in [-0.15, -0.1) is 0 Å². The number of benzene rings is 1. The van der Waals surface area contributed by atoms with Gasteiger partial charge in [0.1, 0.15) is 5.75 Å². The minimum Gasteiger partial charge on any atom is -0.492 e. The van der Waals surface area contributed by atoms with Crippen molar-refractivity contribution in [3.8, 4) is 5.75 Å². The second-order valence-electron chi connectivity index (χ2n) is 5.80. The van der Waals surface area contributed by atoms with E-state index >= 15 is 0 Å². The van der Waals surface area contributed by atoms with Gasteiger partial charge < -0.3 is 10.5 Å². The molecule has 0 radical (unpaired) electrons. The number of hydrogen-bond donors (Lipinski definition) is 1. The standard InChI is InChI=1S/C16H26ClNO/c1-6-16(4,5)13-9-12(8-11(3)18)15(19-7-2)14(17)10-13/h9-11H,6-8,18H2,1-5H3. The molecule has 0 aromatic heterocycles. The topological polar surface area (TPSA) is 35.2 Å². The van der Waals surface area contributed by atoms with E-state index in [1.54, 1.807) is 0 Å². The van der Waals surface area contributed by atoms with Crippen molar-refractivity contribution in [3.05, 3.63) is 28.3 Å². The lowest BCUT2D eigenvalue weighted by atomic mass is 9.81. The largest absolute Gasteiger partial charge is 0.492 e. The van der Waals surface area contributed by atoms with Crippen LogP contribution in [0.1, 0.15) is 52.2 Å². The molecule has 19 heavy (non-hydrogen) atoms. The highest BCUT2D eigenvalue weighted by Crippen LogP contribution is 2.36. The van der Waals surface area contributed by atoms with Gasteiger partial charge in [0.2, 0.25) is 0 Å². The minimum atomic E-state index is 0.0928. The molecule has 1 atom stereocenters. The fraction of sp³-hybridized carbons (Fsp3) is 0.625. The molecule has 1 unspecified atom stereocenters. The average Bonchev–Trinajstić information content (AvgIpc) is 2.32. The zero-order valence-corrected chi connectivity index (χ0v) is 13.5. The van der Waals surface area contributed by atoms with Gasteiger partial charge in [0, 0.05) is 6.04 Å². The molecule has 0 fully saturated rings. The van der Waals surface area contributed by atoms with Gasteiger partial charge in [0.25, 0.3) is 0 Å². The Morgan fingerprint density at radius 2 is 1.95 bits per heavy atom. The maximum atomic E-state index is 6.39. The molecule has 0 saturated heterocycles. The molecule has 0 bridgehead atoms. The third kappa shape index (κ3) is 4.12. The summed E-state index contributed by atoms with van der Waals surface area (Å²) >= 11 is 6.39. The monoisotopic (exact) mass is 283 g/mol. The van der Waals surface area contributed by atoms with Crippen LogP contribution in [0.3, 0.4) is 0 Å². The Hall–Kier alpha value is -0.730. The van der Waals surface area contributed by atoms with Crippen LogP contribution < -0.4 is 10.5 Å². The molecule has 2 nitrogen and oxygen atoms in total.